The van der Waals surface area contributed by atoms with Crippen molar-refractivity contribution in [2.24, 2.45) is 5.73 Å². The Bertz CT molecular complexity index is 100. The van der Waals surface area contributed by atoms with E-state index in [4.69, 9.17) is 0 Å². The van der Waals surface area contributed by atoms with E-state index in [1.807, 2.05) is 0 Å². The van der Waals surface area contributed by atoms with Gasteiger partial charge in [-0.25, -0.2) is 8.78 Å². The van der Waals surface area contributed by atoms with Crippen molar-refractivity contribution in [2.75, 3.05) is 6.54 Å². The third-order valence-electron chi connectivity index (χ3n) is 0.855. The second-order valence-corrected chi connectivity index (χ2v) is 1.70. The Hall–Kier alpha value is -0.390. The average molecular weight is 163 g/mol. The van der Waals surface area contributed by atoms with Gasteiger partial charge in [0.05, 0.1) is 0 Å². The Morgan fingerprint density at radius 1 is 1.20 bits per heavy atom. The minimum absolute atomic E-state index is 0.958. The van der Waals surface area contributed by atoms with Crippen LogP contribution >= 0.6 is 0 Å². The Labute approximate surface area is 54.0 Å². The molecule has 0 heterocycles. The van der Waals surface area contributed by atoms with Crippen LogP contribution in [0.3, 0.4) is 0 Å². The summed E-state index contributed by atoms with van der Waals surface area (Å²) in [5.74, 6) is 0. The molecular formula is C4H6F5N. The van der Waals surface area contributed by atoms with Crippen molar-refractivity contribution in [3.8, 4) is 0 Å². The minimum atomic E-state index is -5.14. The van der Waals surface area contributed by atoms with Crippen LogP contribution in [-0.2, 0) is 0 Å². The van der Waals surface area contributed by atoms with Crippen LogP contribution in [0.2, 0.25) is 0 Å². The second kappa shape index (κ2) is 3.14. The molecule has 2 unspecified atom stereocenters. The van der Waals surface area contributed by atoms with E-state index in [1.54, 1.807) is 0 Å². The summed E-state index contributed by atoms with van der Waals surface area (Å²) in [6.45, 7) is -0.958. The van der Waals surface area contributed by atoms with Crippen molar-refractivity contribution in [1.29, 1.82) is 0 Å². The summed E-state index contributed by atoms with van der Waals surface area (Å²) in [6, 6.07) is 0. The molecule has 0 saturated heterocycles. The van der Waals surface area contributed by atoms with Crippen molar-refractivity contribution < 1.29 is 22.0 Å². The van der Waals surface area contributed by atoms with Crippen molar-refractivity contribution in [3.63, 3.8) is 0 Å². The third-order valence-corrected chi connectivity index (χ3v) is 0.855. The van der Waals surface area contributed by atoms with Gasteiger partial charge in [0.25, 0.3) is 0 Å². The number of alkyl halides is 5. The van der Waals surface area contributed by atoms with Gasteiger partial charge in [-0.1, -0.05) is 0 Å². The maximum Gasteiger partial charge on any atom is 0.422 e. The maximum atomic E-state index is 11.8. The molecule has 0 saturated carbocycles. The van der Waals surface area contributed by atoms with E-state index in [2.05, 4.69) is 5.73 Å². The summed E-state index contributed by atoms with van der Waals surface area (Å²) in [4.78, 5) is 0. The quantitative estimate of drug-likeness (QED) is 0.608. The van der Waals surface area contributed by atoms with Gasteiger partial charge in [-0.2, -0.15) is 13.2 Å². The van der Waals surface area contributed by atoms with Crippen LogP contribution in [0.15, 0.2) is 0 Å². The molecular weight excluding hydrogens is 157 g/mol. The highest BCUT2D eigenvalue weighted by Gasteiger charge is 2.45. The molecule has 0 rings (SSSR count). The van der Waals surface area contributed by atoms with Gasteiger partial charge in [-0.3, -0.25) is 0 Å². The van der Waals surface area contributed by atoms with Crippen LogP contribution in [-0.4, -0.2) is 25.1 Å². The van der Waals surface area contributed by atoms with Crippen LogP contribution in [0.25, 0.3) is 0 Å². The molecule has 0 aliphatic heterocycles. The fourth-order valence-corrected chi connectivity index (χ4v) is 0.325. The number of halogens is 5. The largest absolute Gasteiger partial charge is 0.422 e. The van der Waals surface area contributed by atoms with E-state index in [0.717, 1.165) is 0 Å². The molecule has 2 atom stereocenters. The van der Waals surface area contributed by atoms with Gasteiger partial charge in [0, 0.05) is 6.54 Å². The molecule has 0 bridgehead atoms. The molecule has 10 heavy (non-hydrogen) atoms. The third kappa shape index (κ3) is 2.47. The summed E-state index contributed by atoms with van der Waals surface area (Å²) >= 11 is 0. The highest BCUT2D eigenvalue weighted by molar-refractivity contribution is 4.75. The molecule has 6 heteroatoms. The lowest BCUT2D eigenvalue weighted by molar-refractivity contribution is -0.195. The van der Waals surface area contributed by atoms with Gasteiger partial charge in [0.1, 0.15) is 0 Å². The lowest BCUT2D eigenvalue weighted by atomic mass is 10.2. The number of hydrogen-bond acceptors (Lipinski definition) is 1. The van der Waals surface area contributed by atoms with Crippen LogP contribution in [0.1, 0.15) is 0 Å². The lowest BCUT2D eigenvalue weighted by Crippen LogP contribution is -2.37. The van der Waals surface area contributed by atoms with Gasteiger partial charge in [-0.05, 0) is 0 Å². The summed E-state index contributed by atoms with van der Waals surface area (Å²) in [6.07, 6.45) is -11.3. The molecule has 2 N–H and O–H groups in total. The number of rotatable bonds is 2. The Balaban J connectivity index is 3.94. The standard InChI is InChI=1S/C4H6F5N/c5-2(1-10)3(6)4(7,8)9/h2-3H,1,10H2. The van der Waals surface area contributed by atoms with Crippen LogP contribution in [0.5, 0.6) is 0 Å². The molecule has 0 amide bonds. The predicted octanol–water partition coefficient (Wildman–Crippen LogP) is 1.18. The fraction of sp³-hybridized carbons (Fsp3) is 1.00. The van der Waals surface area contributed by atoms with Crippen LogP contribution in [0.4, 0.5) is 22.0 Å². The molecule has 62 valence electrons. The monoisotopic (exact) mass is 163 g/mol. The zero-order valence-electron chi connectivity index (χ0n) is 4.83. The first-order chi connectivity index (χ1) is 4.39. The Morgan fingerprint density at radius 3 is 1.70 bits per heavy atom. The first-order valence-electron chi connectivity index (χ1n) is 2.44. The zero-order chi connectivity index (χ0) is 8.36. The van der Waals surface area contributed by atoms with Gasteiger partial charge in [0.15, 0.2) is 6.17 Å². The molecule has 0 radical (unpaired) electrons. The molecule has 0 aromatic heterocycles. The van der Waals surface area contributed by atoms with E-state index < -0.39 is 25.1 Å². The van der Waals surface area contributed by atoms with Crippen molar-refractivity contribution >= 4 is 0 Å². The maximum absolute atomic E-state index is 11.8. The Morgan fingerprint density at radius 2 is 1.60 bits per heavy atom. The highest BCUT2D eigenvalue weighted by atomic mass is 19.4. The zero-order valence-corrected chi connectivity index (χ0v) is 4.83. The normalized spacial score (nSPS) is 18.6. The molecule has 0 spiro atoms. The SMILES string of the molecule is NCC(F)C(F)C(F)(F)F. The van der Waals surface area contributed by atoms with Gasteiger partial charge in [0.2, 0.25) is 6.17 Å². The lowest BCUT2D eigenvalue weighted by Gasteiger charge is -2.14. The molecule has 0 aliphatic carbocycles. The second-order valence-electron chi connectivity index (χ2n) is 1.70. The molecule has 0 aromatic carbocycles. The summed E-state index contributed by atoms with van der Waals surface area (Å²) < 4.78 is 57.2. The smallest absolute Gasteiger partial charge is 0.328 e. The minimum Gasteiger partial charge on any atom is -0.328 e. The van der Waals surface area contributed by atoms with E-state index >= 15 is 0 Å². The molecule has 0 fully saturated rings. The highest BCUT2D eigenvalue weighted by Crippen LogP contribution is 2.26. The van der Waals surface area contributed by atoms with Crippen LogP contribution in [0, 0.1) is 0 Å². The first-order valence-corrected chi connectivity index (χ1v) is 2.44. The van der Waals surface area contributed by atoms with Crippen molar-refractivity contribution in [3.05, 3.63) is 0 Å². The van der Waals surface area contributed by atoms with Crippen LogP contribution < -0.4 is 5.73 Å². The summed E-state index contributed by atoms with van der Waals surface area (Å²) in [5, 5.41) is 0. The van der Waals surface area contributed by atoms with E-state index in [0.29, 0.717) is 0 Å². The van der Waals surface area contributed by atoms with E-state index in [1.165, 1.54) is 0 Å². The van der Waals surface area contributed by atoms with E-state index in [-0.39, 0.29) is 0 Å². The topological polar surface area (TPSA) is 26.0 Å². The van der Waals surface area contributed by atoms with Gasteiger partial charge in [-0.15, -0.1) is 0 Å². The summed E-state index contributed by atoms with van der Waals surface area (Å²) in [5.41, 5.74) is 4.45. The molecule has 1 nitrogen and oxygen atoms in total. The van der Waals surface area contributed by atoms with Gasteiger partial charge >= 0.3 is 6.18 Å². The molecule has 0 aromatic rings. The number of hydrogen-bond donors (Lipinski definition) is 1. The average Bonchev–Trinajstić information content (AvgIpc) is 1.83. The van der Waals surface area contributed by atoms with Crippen molar-refractivity contribution in [1.82, 2.24) is 0 Å². The van der Waals surface area contributed by atoms with Gasteiger partial charge < -0.3 is 5.73 Å². The van der Waals surface area contributed by atoms with Crippen molar-refractivity contribution in [2.45, 2.75) is 18.5 Å². The predicted molar refractivity (Wildman–Crippen MR) is 24.9 cm³/mol. The fourth-order valence-electron chi connectivity index (χ4n) is 0.325. The number of nitrogens with two attached hydrogens (primary N) is 1. The first kappa shape index (κ1) is 9.61. The Kier molecular flexibility index (Phi) is 3.01. The summed E-state index contributed by atoms with van der Waals surface area (Å²) in [7, 11) is 0. The molecule has 0 aliphatic rings. The van der Waals surface area contributed by atoms with E-state index in [9.17, 15) is 22.0 Å².